The highest BCUT2D eigenvalue weighted by atomic mass is 16.3. The van der Waals surface area contributed by atoms with Crippen molar-refractivity contribution >= 4 is 40.6 Å². The lowest BCUT2D eigenvalue weighted by Gasteiger charge is -2.50. The summed E-state index contributed by atoms with van der Waals surface area (Å²) in [6.07, 6.45) is 3.41. The second kappa shape index (κ2) is 10.2. The molecule has 2 saturated carbocycles. The Morgan fingerprint density at radius 1 is 1.10 bits per heavy atom. The maximum absolute atomic E-state index is 14.0. The number of nitrogens with one attached hydrogen (secondary N) is 3. The van der Waals surface area contributed by atoms with Crippen LogP contribution in [0.15, 0.2) is 29.0 Å². The number of hydrazine groups is 1. The summed E-state index contributed by atoms with van der Waals surface area (Å²) in [7, 11) is 6.78. The molecule has 1 aromatic rings. The van der Waals surface area contributed by atoms with Crippen molar-refractivity contribution < 1.29 is 34.5 Å². The lowest BCUT2D eigenvalue weighted by Crippen LogP contribution is -2.65. The topological polar surface area (TPSA) is 198 Å². The van der Waals surface area contributed by atoms with Crippen LogP contribution in [0.25, 0.3) is 5.76 Å². The van der Waals surface area contributed by atoms with Gasteiger partial charge in [0.15, 0.2) is 11.4 Å². The summed E-state index contributed by atoms with van der Waals surface area (Å²) in [5.41, 5.74) is 9.45. The molecule has 0 saturated heterocycles. The molecule has 0 aromatic heterocycles. The van der Waals surface area contributed by atoms with Gasteiger partial charge in [-0.15, -0.1) is 0 Å². The number of carbonyl (C=O) groups excluding carboxylic acids is 4. The molecule has 41 heavy (non-hydrogen) atoms. The summed E-state index contributed by atoms with van der Waals surface area (Å²) in [5, 5.41) is 37.0. The Balaban J connectivity index is 1.58. The minimum atomic E-state index is -2.64. The molecule has 1 aromatic carbocycles. The number of carbonyl (C=O) groups is 4. The molecule has 5 rings (SSSR count). The van der Waals surface area contributed by atoms with Crippen LogP contribution in [0.5, 0.6) is 0 Å². The van der Waals surface area contributed by atoms with Crippen LogP contribution >= 0.6 is 0 Å². The van der Waals surface area contributed by atoms with Crippen molar-refractivity contribution in [3.05, 3.63) is 40.2 Å². The van der Waals surface area contributed by atoms with Crippen LogP contribution < -0.4 is 26.8 Å². The summed E-state index contributed by atoms with van der Waals surface area (Å²) in [6.45, 7) is 0. The van der Waals surface area contributed by atoms with E-state index in [9.17, 15) is 34.5 Å². The molecule has 4 aliphatic carbocycles. The number of urea groups is 1. The minimum Gasteiger partial charge on any atom is -0.508 e. The zero-order chi connectivity index (χ0) is 30.0. The number of rotatable bonds is 6. The number of fused-ring (bicyclic) bond motifs is 3. The molecule has 4 aliphatic rings. The summed E-state index contributed by atoms with van der Waals surface area (Å²) in [4.78, 5) is 55.2. The van der Waals surface area contributed by atoms with E-state index in [2.05, 4.69) is 16.2 Å². The van der Waals surface area contributed by atoms with Crippen molar-refractivity contribution in [1.82, 2.24) is 15.8 Å². The number of benzene rings is 1. The molecule has 2 unspecified atom stereocenters. The number of hydrogen-bond donors (Lipinski definition) is 7. The van der Waals surface area contributed by atoms with E-state index in [1.165, 1.54) is 4.90 Å². The van der Waals surface area contributed by atoms with Gasteiger partial charge in [-0.1, -0.05) is 6.42 Å². The molecular weight excluding hydrogens is 532 g/mol. The summed E-state index contributed by atoms with van der Waals surface area (Å²) >= 11 is 0. The van der Waals surface area contributed by atoms with Gasteiger partial charge in [0.2, 0.25) is 5.78 Å². The van der Waals surface area contributed by atoms with Gasteiger partial charge < -0.3 is 31.3 Å². The number of amides is 3. The lowest BCUT2D eigenvalue weighted by molar-refractivity contribution is -0.153. The summed E-state index contributed by atoms with van der Waals surface area (Å²) in [6, 6.07) is 1.93. The third-order valence-electron chi connectivity index (χ3n) is 8.79. The number of ketones is 2. The number of hydrogen-bond acceptors (Lipinski definition) is 10. The Kier molecular flexibility index (Phi) is 7.08. The van der Waals surface area contributed by atoms with Crippen LogP contribution in [0, 0.1) is 11.8 Å². The van der Waals surface area contributed by atoms with Crippen LogP contribution in [-0.2, 0) is 20.8 Å². The Labute approximate surface area is 237 Å². The normalized spacial score (nSPS) is 27.6. The van der Waals surface area contributed by atoms with E-state index >= 15 is 0 Å². The Hall–Kier alpha value is -3.94. The number of likely N-dealkylation sites (N-methyl/N-ethyl adjacent to an activating group) is 1. The molecule has 2 fully saturated rings. The molecule has 4 atom stereocenters. The van der Waals surface area contributed by atoms with E-state index in [-0.39, 0.29) is 30.0 Å². The van der Waals surface area contributed by atoms with Gasteiger partial charge in [-0.3, -0.25) is 24.7 Å². The van der Waals surface area contributed by atoms with Crippen molar-refractivity contribution in [2.24, 2.45) is 17.6 Å². The molecule has 220 valence electrons. The standard InChI is InChI=1S/C28H36N6O7/c1-33(2)18-11-14(30-27(40)32-31-13-6-5-7-13)10-16-15(18)8-12-9-17-21(34(3)4)23(36)20(26(29)39)25(38)28(17,41)24(37)19(12)22(16)35/h10-13,17,21,31,35,38,41H,5-9H2,1-4H3,(H2,29,39)(H2,30,32,40)/t12?,17?,21-,28-/m0/s1. The van der Waals surface area contributed by atoms with Crippen LogP contribution in [0.4, 0.5) is 16.2 Å². The van der Waals surface area contributed by atoms with Gasteiger partial charge in [-0.25, -0.2) is 10.2 Å². The molecule has 0 radical (unpaired) electrons. The van der Waals surface area contributed by atoms with E-state index in [0.717, 1.165) is 24.8 Å². The average Bonchev–Trinajstić information content (AvgIpc) is 2.85. The number of nitrogens with zero attached hydrogens (tertiary/aromatic N) is 2. The third-order valence-corrected chi connectivity index (χ3v) is 8.79. The van der Waals surface area contributed by atoms with Gasteiger partial charge in [0.1, 0.15) is 17.1 Å². The highest BCUT2D eigenvalue weighted by molar-refractivity contribution is 6.24. The zero-order valence-corrected chi connectivity index (χ0v) is 23.4. The first kappa shape index (κ1) is 28.6. The van der Waals surface area contributed by atoms with Crippen molar-refractivity contribution in [3.8, 4) is 0 Å². The van der Waals surface area contributed by atoms with Crippen molar-refractivity contribution in [3.63, 3.8) is 0 Å². The maximum Gasteiger partial charge on any atom is 0.333 e. The van der Waals surface area contributed by atoms with Gasteiger partial charge in [0.05, 0.1) is 6.04 Å². The fraction of sp³-hybridized carbons (Fsp3) is 0.500. The van der Waals surface area contributed by atoms with E-state index < -0.39 is 64.1 Å². The van der Waals surface area contributed by atoms with E-state index in [0.29, 0.717) is 11.4 Å². The molecule has 0 heterocycles. The van der Waals surface area contributed by atoms with Crippen LogP contribution in [-0.4, -0.2) is 89.6 Å². The number of aliphatic hydroxyl groups excluding tert-OH is 2. The fourth-order valence-corrected chi connectivity index (χ4v) is 6.58. The molecule has 0 spiro atoms. The van der Waals surface area contributed by atoms with Crippen LogP contribution in [0.3, 0.4) is 0 Å². The molecule has 0 aliphatic heterocycles. The number of primary amides is 1. The fourth-order valence-electron chi connectivity index (χ4n) is 6.58. The predicted octanol–water partition coefficient (Wildman–Crippen LogP) is 0.503. The SMILES string of the molecule is CN(C)c1cc(NC(=O)NNC2CCC2)cc2c1CC1CC3[C@H](N(C)C)C(=O)C(C(N)=O)=C(O)[C@@]3(O)C(=O)C1=C2O. The van der Waals surface area contributed by atoms with E-state index in [1.54, 1.807) is 26.2 Å². The van der Waals surface area contributed by atoms with Crippen molar-refractivity contribution in [1.29, 1.82) is 0 Å². The maximum atomic E-state index is 14.0. The second-order valence-corrected chi connectivity index (χ2v) is 11.7. The van der Waals surface area contributed by atoms with Gasteiger partial charge >= 0.3 is 6.03 Å². The molecule has 13 heteroatoms. The molecular formula is C28H36N6O7. The quantitative estimate of drug-likeness (QED) is 0.187. The number of anilines is 2. The third kappa shape index (κ3) is 4.44. The molecule has 13 nitrogen and oxygen atoms in total. The first-order chi connectivity index (χ1) is 19.3. The second-order valence-electron chi connectivity index (χ2n) is 11.7. The Morgan fingerprint density at radius 3 is 2.34 bits per heavy atom. The molecule has 8 N–H and O–H groups in total. The van der Waals surface area contributed by atoms with Gasteiger partial charge in [-0.05, 0) is 63.4 Å². The van der Waals surface area contributed by atoms with E-state index in [4.69, 9.17) is 5.73 Å². The Bertz CT molecular complexity index is 1410. The lowest BCUT2D eigenvalue weighted by atomic mass is 9.57. The monoisotopic (exact) mass is 568 g/mol. The average molecular weight is 569 g/mol. The largest absolute Gasteiger partial charge is 0.508 e. The number of nitrogens with two attached hydrogens (primary N) is 1. The summed E-state index contributed by atoms with van der Waals surface area (Å²) < 4.78 is 0. The van der Waals surface area contributed by atoms with Gasteiger partial charge in [0, 0.05) is 48.6 Å². The van der Waals surface area contributed by atoms with Crippen molar-refractivity contribution in [2.75, 3.05) is 38.4 Å². The molecule has 3 amide bonds. The minimum absolute atomic E-state index is 0.0634. The highest BCUT2D eigenvalue weighted by Crippen LogP contribution is 2.52. The summed E-state index contributed by atoms with van der Waals surface area (Å²) in [5.74, 6) is -6.21. The number of Topliss-reactive ketones (excluding diaryl/α,β-unsaturated/α-hetero) is 2. The van der Waals surface area contributed by atoms with E-state index in [1.807, 2.05) is 19.0 Å². The first-order valence-corrected chi connectivity index (χ1v) is 13.6. The van der Waals surface area contributed by atoms with Gasteiger partial charge in [0.25, 0.3) is 5.91 Å². The first-order valence-electron chi connectivity index (χ1n) is 13.6. The predicted molar refractivity (Wildman–Crippen MR) is 150 cm³/mol. The Morgan fingerprint density at radius 2 is 1.78 bits per heavy atom. The molecule has 0 bridgehead atoms. The zero-order valence-electron chi connectivity index (χ0n) is 23.4. The number of aliphatic hydroxyl groups is 3. The smallest absolute Gasteiger partial charge is 0.333 e. The van der Waals surface area contributed by atoms with Crippen LogP contribution in [0.2, 0.25) is 0 Å². The van der Waals surface area contributed by atoms with Crippen molar-refractivity contribution in [2.45, 2.75) is 49.8 Å². The van der Waals surface area contributed by atoms with Crippen LogP contribution in [0.1, 0.15) is 36.8 Å². The highest BCUT2D eigenvalue weighted by Gasteiger charge is 2.64. The van der Waals surface area contributed by atoms with Gasteiger partial charge in [-0.2, -0.15) is 0 Å².